The summed E-state index contributed by atoms with van der Waals surface area (Å²) in [4.78, 5) is 0. The normalized spacial score (nSPS) is 26.4. The van der Waals surface area contributed by atoms with E-state index in [0.717, 1.165) is 54.4 Å². The summed E-state index contributed by atoms with van der Waals surface area (Å²) in [5, 5.41) is 0. The molecule has 1 nitrogen and oxygen atoms in total. The topological polar surface area (TPSA) is 9.23 Å². The van der Waals surface area contributed by atoms with Gasteiger partial charge in [-0.25, -0.2) is 0 Å². The zero-order valence-corrected chi connectivity index (χ0v) is 20.1. The van der Waals surface area contributed by atoms with Gasteiger partial charge in [0.1, 0.15) is 5.75 Å². The predicted molar refractivity (Wildman–Crippen MR) is 133 cm³/mol. The average Bonchev–Trinajstić information content (AvgIpc) is 2.82. The number of unbranched alkanes of at least 4 members (excludes halogenated alkanes) is 2. The Morgan fingerprint density at radius 2 is 1.48 bits per heavy atom. The fraction of sp³-hybridized carbons (Fsp3) is 0.667. The summed E-state index contributed by atoms with van der Waals surface area (Å²) in [6.45, 7) is 5.31. The number of hydrogen-bond acceptors (Lipinski definition) is 1. The summed E-state index contributed by atoms with van der Waals surface area (Å²) in [6, 6.07) is 8.18. The third-order valence-electron chi connectivity index (χ3n) is 7.63. The Bertz CT molecular complexity index is 688. The van der Waals surface area contributed by atoms with Gasteiger partial charge < -0.3 is 4.74 Å². The van der Waals surface area contributed by atoms with Crippen LogP contribution in [-0.4, -0.2) is 6.61 Å². The summed E-state index contributed by atoms with van der Waals surface area (Å²) >= 11 is 0. The number of hydrogen-bond donors (Lipinski definition) is 0. The molecule has 0 saturated heterocycles. The molecule has 0 unspecified atom stereocenters. The second-order valence-corrected chi connectivity index (χ2v) is 9.95. The molecule has 31 heavy (non-hydrogen) atoms. The van der Waals surface area contributed by atoms with Crippen LogP contribution >= 0.6 is 0 Å². The van der Waals surface area contributed by atoms with Gasteiger partial charge in [-0.3, -0.25) is 0 Å². The minimum absolute atomic E-state index is 0.737. The van der Waals surface area contributed by atoms with E-state index in [1.54, 1.807) is 0 Å². The fourth-order valence-electron chi connectivity index (χ4n) is 5.53. The first-order chi connectivity index (χ1) is 15.3. The Labute approximate surface area is 192 Å². The SMILES string of the molecule is CCCCOc1ccc(C#CC=CC2CCC(C3CCC(CCCC)CC3)CC2)cc1. The van der Waals surface area contributed by atoms with Crippen LogP contribution in [0.25, 0.3) is 0 Å². The van der Waals surface area contributed by atoms with E-state index in [0.29, 0.717) is 0 Å². The molecule has 0 N–H and O–H groups in total. The van der Waals surface area contributed by atoms with Crippen LogP contribution in [0.15, 0.2) is 36.4 Å². The lowest BCUT2D eigenvalue weighted by atomic mass is 9.68. The second-order valence-electron chi connectivity index (χ2n) is 9.95. The molecule has 0 radical (unpaired) electrons. The van der Waals surface area contributed by atoms with Gasteiger partial charge in [-0.15, -0.1) is 0 Å². The van der Waals surface area contributed by atoms with Crippen molar-refractivity contribution < 1.29 is 4.74 Å². The van der Waals surface area contributed by atoms with Crippen molar-refractivity contribution in [2.75, 3.05) is 6.61 Å². The summed E-state index contributed by atoms with van der Waals surface area (Å²) in [5.41, 5.74) is 1.06. The molecular weight excluding hydrogens is 376 g/mol. The van der Waals surface area contributed by atoms with Gasteiger partial charge in [-0.2, -0.15) is 0 Å². The van der Waals surface area contributed by atoms with Gasteiger partial charge in [0.15, 0.2) is 0 Å². The molecule has 1 aromatic rings. The Balaban J connectivity index is 1.35. The molecule has 2 aliphatic rings. The summed E-state index contributed by atoms with van der Waals surface area (Å²) in [6.07, 6.45) is 22.6. The van der Waals surface area contributed by atoms with Gasteiger partial charge >= 0.3 is 0 Å². The highest BCUT2D eigenvalue weighted by molar-refractivity contribution is 5.40. The lowest BCUT2D eigenvalue weighted by Gasteiger charge is -2.37. The van der Waals surface area contributed by atoms with E-state index in [1.165, 1.54) is 70.6 Å². The van der Waals surface area contributed by atoms with Gasteiger partial charge in [0, 0.05) is 5.56 Å². The van der Waals surface area contributed by atoms with Crippen molar-refractivity contribution in [3.05, 3.63) is 42.0 Å². The predicted octanol–water partition coefficient (Wildman–Crippen LogP) is 8.58. The van der Waals surface area contributed by atoms with E-state index >= 15 is 0 Å². The number of rotatable bonds is 9. The molecule has 3 rings (SSSR count). The van der Waals surface area contributed by atoms with Crippen molar-refractivity contribution in [1.82, 2.24) is 0 Å². The standard InChI is InChI=1S/C30H44O/c1-3-5-9-25-12-18-28(19-13-25)29-20-14-26(15-21-29)10-7-8-11-27-16-22-30(23-17-27)31-24-6-4-2/h7,10,16-17,22-23,25-26,28-29H,3-6,9,12-15,18-21,24H2,1-2H3. The maximum absolute atomic E-state index is 5.72. The average molecular weight is 421 g/mol. The van der Waals surface area contributed by atoms with Gasteiger partial charge in [0.2, 0.25) is 0 Å². The van der Waals surface area contributed by atoms with Crippen LogP contribution in [0, 0.1) is 35.5 Å². The van der Waals surface area contributed by atoms with Crippen molar-refractivity contribution in [2.24, 2.45) is 23.7 Å². The molecule has 1 heteroatoms. The van der Waals surface area contributed by atoms with Gasteiger partial charge in [0.25, 0.3) is 0 Å². The molecule has 0 aliphatic heterocycles. The summed E-state index contributed by atoms with van der Waals surface area (Å²) in [5.74, 6) is 11.3. The summed E-state index contributed by atoms with van der Waals surface area (Å²) < 4.78 is 5.72. The molecule has 0 heterocycles. The Morgan fingerprint density at radius 1 is 0.839 bits per heavy atom. The van der Waals surface area contributed by atoms with Crippen LogP contribution in [0.5, 0.6) is 5.75 Å². The molecule has 0 spiro atoms. The second kappa shape index (κ2) is 13.7. The van der Waals surface area contributed by atoms with Gasteiger partial charge in [0.05, 0.1) is 6.61 Å². The molecule has 0 amide bonds. The van der Waals surface area contributed by atoms with Crippen LogP contribution in [0.4, 0.5) is 0 Å². The van der Waals surface area contributed by atoms with Crippen LogP contribution in [0.3, 0.4) is 0 Å². The van der Waals surface area contributed by atoms with E-state index in [-0.39, 0.29) is 0 Å². The zero-order chi connectivity index (χ0) is 21.7. The van der Waals surface area contributed by atoms with Crippen LogP contribution in [0.1, 0.15) is 103 Å². The maximum Gasteiger partial charge on any atom is 0.119 e. The van der Waals surface area contributed by atoms with E-state index < -0.39 is 0 Å². The minimum Gasteiger partial charge on any atom is -0.494 e. The monoisotopic (exact) mass is 420 g/mol. The molecule has 0 atom stereocenters. The Hall–Kier alpha value is -1.68. The molecular formula is C30H44O. The van der Waals surface area contributed by atoms with Crippen molar-refractivity contribution in [3.8, 4) is 17.6 Å². The smallest absolute Gasteiger partial charge is 0.119 e. The largest absolute Gasteiger partial charge is 0.494 e. The zero-order valence-electron chi connectivity index (χ0n) is 20.1. The highest BCUT2D eigenvalue weighted by atomic mass is 16.5. The van der Waals surface area contributed by atoms with E-state index in [1.807, 2.05) is 12.1 Å². The third-order valence-corrected chi connectivity index (χ3v) is 7.63. The highest BCUT2D eigenvalue weighted by Gasteiger charge is 2.30. The maximum atomic E-state index is 5.72. The molecule has 170 valence electrons. The number of allylic oxidation sites excluding steroid dienone is 2. The quantitative estimate of drug-likeness (QED) is 0.287. The molecule has 2 saturated carbocycles. The first-order valence-electron chi connectivity index (χ1n) is 13.2. The molecule has 1 aromatic carbocycles. The molecule has 2 aliphatic carbocycles. The Morgan fingerprint density at radius 3 is 2.13 bits per heavy atom. The first kappa shape index (κ1) is 24.0. The highest BCUT2D eigenvalue weighted by Crippen LogP contribution is 2.42. The molecule has 2 fully saturated rings. The number of ether oxygens (including phenoxy) is 1. The van der Waals surface area contributed by atoms with Crippen LogP contribution < -0.4 is 4.74 Å². The lowest BCUT2D eigenvalue weighted by Crippen LogP contribution is -2.25. The van der Waals surface area contributed by atoms with E-state index in [4.69, 9.17) is 4.74 Å². The number of benzene rings is 1. The van der Waals surface area contributed by atoms with E-state index in [2.05, 4.69) is 50.0 Å². The van der Waals surface area contributed by atoms with Gasteiger partial charge in [-0.1, -0.05) is 70.3 Å². The van der Waals surface area contributed by atoms with Crippen molar-refractivity contribution >= 4 is 0 Å². The van der Waals surface area contributed by atoms with Crippen molar-refractivity contribution in [2.45, 2.75) is 97.3 Å². The summed E-state index contributed by atoms with van der Waals surface area (Å²) in [7, 11) is 0. The van der Waals surface area contributed by atoms with Crippen LogP contribution in [0.2, 0.25) is 0 Å². The Kier molecular flexibility index (Phi) is 10.6. The van der Waals surface area contributed by atoms with Crippen molar-refractivity contribution in [3.63, 3.8) is 0 Å². The first-order valence-corrected chi connectivity index (χ1v) is 13.2. The third kappa shape index (κ3) is 8.40. The minimum atomic E-state index is 0.737. The lowest BCUT2D eigenvalue weighted by molar-refractivity contribution is 0.152. The van der Waals surface area contributed by atoms with E-state index in [9.17, 15) is 0 Å². The molecule has 0 aromatic heterocycles. The van der Waals surface area contributed by atoms with Gasteiger partial charge in [-0.05, 0) is 99.0 Å². The van der Waals surface area contributed by atoms with Crippen molar-refractivity contribution in [1.29, 1.82) is 0 Å². The molecule has 0 bridgehead atoms. The fourth-order valence-corrected chi connectivity index (χ4v) is 5.53. The van der Waals surface area contributed by atoms with Crippen LogP contribution in [-0.2, 0) is 0 Å².